The largest absolute Gasteiger partial charge is 0.375 e. The van der Waals surface area contributed by atoms with Gasteiger partial charge < -0.3 is 10.1 Å². The molecular formula is C19H26N4O2. The van der Waals surface area contributed by atoms with E-state index in [0.717, 1.165) is 26.1 Å². The summed E-state index contributed by atoms with van der Waals surface area (Å²) in [5.74, 6) is -0.0735. The number of benzene rings is 1. The average Bonchev–Trinajstić information content (AvgIpc) is 3.04. The summed E-state index contributed by atoms with van der Waals surface area (Å²) in [7, 11) is 1.53. The van der Waals surface area contributed by atoms with Crippen LogP contribution in [0.4, 0.5) is 0 Å². The molecule has 1 atom stereocenters. The van der Waals surface area contributed by atoms with Gasteiger partial charge in [-0.05, 0) is 25.0 Å². The Morgan fingerprint density at radius 1 is 1.40 bits per heavy atom. The van der Waals surface area contributed by atoms with Crippen molar-refractivity contribution in [2.45, 2.75) is 32.5 Å². The van der Waals surface area contributed by atoms with Crippen molar-refractivity contribution >= 4 is 5.91 Å². The van der Waals surface area contributed by atoms with E-state index >= 15 is 0 Å². The van der Waals surface area contributed by atoms with E-state index < -0.39 is 0 Å². The lowest BCUT2D eigenvalue weighted by Gasteiger charge is -2.34. The van der Waals surface area contributed by atoms with Crippen LogP contribution in [0.15, 0.2) is 36.5 Å². The van der Waals surface area contributed by atoms with Crippen molar-refractivity contribution in [3.63, 3.8) is 0 Å². The second-order valence-electron chi connectivity index (χ2n) is 6.65. The summed E-state index contributed by atoms with van der Waals surface area (Å²) in [5.41, 5.74) is 3.85. The number of ether oxygens (including phenoxy) is 1. The van der Waals surface area contributed by atoms with Crippen molar-refractivity contribution < 1.29 is 9.53 Å². The Labute approximate surface area is 148 Å². The summed E-state index contributed by atoms with van der Waals surface area (Å²) in [6.07, 6.45) is 2.72. The Kier molecular flexibility index (Phi) is 5.83. The van der Waals surface area contributed by atoms with E-state index in [4.69, 9.17) is 4.74 Å². The summed E-state index contributed by atoms with van der Waals surface area (Å²) in [6, 6.07) is 11.0. The van der Waals surface area contributed by atoms with E-state index in [2.05, 4.69) is 57.3 Å². The fraction of sp³-hybridized carbons (Fsp3) is 0.474. The van der Waals surface area contributed by atoms with Gasteiger partial charge in [-0.15, -0.1) is 0 Å². The molecule has 6 heteroatoms. The lowest BCUT2D eigenvalue weighted by Crippen LogP contribution is -2.39. The standard InChI is InChI=1S/C19H26N4O2/c1-15-4-3-5-16(10-15)11-22-12-17(6-8-20-19(24)14-25-2)23-18(13-22)7-9-21-23/h3-5,7,9-10,17H,6,8,11-14H2,1-2H3,(H,20,24)/t17-/m0/s1. The first kappa shape index (κ1) is 17.6. The summed E-state index contributed by atoms with van der Waals surface area (Å²) >= 11 is 0. The van der Waals surface area contributed by atoms with Gasteiger partial charge in [-0.3, -0.25) is 14.4 Å². The van der Waals surface area contributed by atoms with Crippen LogP contribution in [0.3, 0.4) is 0 Å². The zero-order valence-electron chi connectivity index (χ0n) is 14.9. The highest BCUT2D eigenvalue weighted by Crippen LogP contribution is 2.24. The molecule has 2 heterocycles. The van der Waals surface area contributed by atoms with Crippen LogP contribution in [0.2, 0.25) is 0 Å². The van der Waals surface area contributed by atoms with E-state index in [-0.39, 0.29) is 18.6 Å². The number of hydrogen-bond donors (Lipinski definition) is 1. The van der Waals surface area contributed by atoms with Crippen molar-refractivity contribution in [1.82, 2.24) is 20.0 Å². The number of fused-ring (bicyclic) bond motifs is 1. The molecule has 1 N–H and O–H groups in total. The molecule has 1 aromatic carbocycles. The van der Waals surface area contributed by atoms with Gasteiger partial charge in [-0.1, -0.05) is 29.8 Å². The Hall–Kier alpha value is -2.18. The quantitative estimate of drug-likeness (QED) is 0.835. The summed E-state index contributed by atoms with van der Waals surface area (Å²) in [4.78, 5) is 14.0. The molecule has 1 amide bonds. The predicted molar refractivity (Wildman–Crippen MR) is 96.1 cm³/mol. The maximum absolute atomic E-state index is 11.5. The summed E-state index contributed by atoms with van der Waals surface area (Å²) in [5, 5.41) is 7.38. The van der Waals surface area contributed by atoms with Crippen LogP contribution in [0.5, 0.6) is 0 Å². The third kappa shape index (κ3) is 4.67. The lowest BCUT2D eigenvalue weighted by molar-refractivity contribution is -0.124. The Balaban J connectivity index is 1.62. The van der Waals surface area contributed by atoms with Gasteiger partial charge in [-0.25, -0.2) is 0 Å². The van der Waals surface area contributed by atoms with E-state index in [9.17, 15) is 4.79 Å². The smallest absolute Gasteiger partial charge is 0.245 e. The normalized spacial score (nSPS) is 17.3. The molecular weight excluding hydrogens is 316 g/mol. The minimum Gasteiger partial charge on any atom is -0.375 e. The van der Waals surface area contributed by atoms with Crippen LogP contribution in [-0.2, 0) is 22.6 Å². The fourth-order valence-corrected chi connectivity index (χ4v) is 3.43. The summed E-state index contributed by atoms with van der Waals surface area (Å²) in [6.45, 7) is 5.63. The highest BCUT2D eigenvalue weighted by Gasteiger charge is 2.25. The molecule has 6 nitrogen and oxygen atoms in total. The Bertz CT molecular complexity index is 713. The molecule has 0 unspecified atom stereocenters. The molecule has 0 radical (unpaired) electrons. The molecule has 1 aliphatic heterocycles. The highest BCUT2D eigenvalue weighted by atomic mass is 16.5. The first-order valence-corrected chi connectivity index (χ1v) is 8.71. The van der Waals surface area contributed by atoms with Crippen LogP contribution in [0.25, 0.3) is 0 Å². The van der Waals surface area contributed by atoms with Gasteiger partial charge >= 0.3 is 0 Å². The molecule has 0 aliphatic carbocycles. The van der Waals surface area contributed by atoms with Crippen LogP contribution in [0, 0.1) is 6.92 Å². The van der Waals surface area contributed by atoms with Crippen LogP contribution < -0.4 is 5.32 Å². The number of nitrogens with zero attached hydrogens (tertiary/aromatic N) is 3. The number of hydrogen-bond acceptors (Lipinski definition) is 4. The van der Waals surface area contributed by atoms with Crippen molar-refractivity contribution in [3.8, 4) is 0 Å². The minimum absolute atomic E-state index is 0.0735. The maximum Gasteiger partial charge on any atom is 0.245 e. The average molecular weight is 342 g/mol. The van der Waals surface area contributed by atoms with Gasteiger partial charge in [0.2, 0.25) is 5.91 Å². The Morgan fingerprint density at radius 3 is 3.08 bits per heavy atom. The van der Waals surface area contributed by atoms with Crippen molar-refractivity contribution in [3.05, 3.63) is 53.3 Å². The third-order valence-corrected chi connectivity index (χ3v) is 4.52. The third-order valence-electron chi connectivity index (χ3n) is 4.52. The van der Waals surface area contributed by atoms with Gasteiger partial charge in [-0.2, -0.15) is 5.10 Å². The van der Waals surface area contributed by atoms with Gasteiger partial charge in [0.1, 0.15) is 6.61 Å². The lowest BCUT2D eigenvalue weighted by atomic mass is 10.1. The highest BCUT2D eigenvalue weighted by molar-refractivity contribution is 5.77. The van der Waals surface area contributed by atoms with E-state index in [1.807, 2.05) is 6.20 Å². The number of carbonyl (C=O) groups excluding carboxylic acids is 1. The second-order valence-corrected chi connectivity index (χ2v) is 6.65. The summed E-state index contributed by atoms with van der Waals surface area (Å²) < 4.78 is 6.95. The molecule has 0 saturated heterocycles. The number of amides is 1. The van der Waals surface area contributed by atoms with Gasteiger partial charge in [0.25, 0.3) is 0 Å². The number of rotatable bonds is 7. The molecule has 0 spiro atoms. The minimum atomic E-state index is -0.0735. The van der Waals surface area contributed by atoms with Crippen LogP contribution in [-0.4, -0.2) is 47.4 Å². The first-order valence-electron chi connectivity index (χ1n) is 8.71. The fourth-order valence-electron chi connectivity index (χ4n) is 3.43. The molecule has 1 aliphatic rings. The van der Waals surface area contributed by atoms with E-state index in [1.54, 1.807) is 0 Å². The second kappa shape index (κ2) is 8.27. The zero-order chi connectivity index (χ0) is 17.6. The zero-order valence-corrected chi connectivity index (χ0v) is 14.9. The number of aryl methyl sites for hydroxylation is 1. The molecule has 0 fully saturated rings. The van der Waals surface area contributed by atoms with Gasteiger partial charge in [0.05, 0.1) is 11.7 Å². The molecule has 0 bridgehead atoms. The van der Waals surface area contributed by atoms with Crippen molar-refractivity contribution in [2.75, 3.05) is 26.8 Å². The molecule has 1 aromatic heterocycles. The van der Waals surface area contributed by atoms with E-state index in [0.29, 0.717) is 6.54 Å². The monoisotopic (exact) mass is 342 g/mol. The number of methoxy groups -OCH3 is 1. The van der Waals surface area contributed by atoms with Crippen molar-refractivity contribution in [2.24, 2.45) is 0 Å². The molecule has 2 aromatic rings. The molecule has 134 valence electrons. The number of aromatic nitrogens is 2. The first-order chi connectivity index (χ1) is 12.2. The number of nitrogens with one attached hydrogen (secondary N) is 1. The molecule has 25 heavy (non-hydrogen) atoms. The van der Waals surface area contributed by atoms with Gasteiger partial charge in [0, 0.05) is 39.5 Å². The van der Waals surface area contributed by atoms with E-state index in [1.165, 1.54) is 23.9 Å². The van der Waals surface area contributed by atoms with Crippen molar-refractivity contribution in [1.29, 1.82) is 0 Å². The SMILES string of the molecule is COCC(=O)NCC[C@H]1CN(Cc2cccc(C)c2)Cc2ccnn21. The van der Waals surface area contributed by atoms with Crippen LogP contribution in [0.1, 0.15) is 29.3 Å². The predicted octanol–water partition coefficient (Wildman–Crippen LogP) is 1.90. The maximum atomic E-state index is 11.5. The van der Waals surface area contributed by atoms with Crippen LogP contribution >= 0.6 is 0 Å². The molecule has 0 saturated carbocycles. The molecule has 3 rings (SSSR count). The number of carbonyl (C=O) groups is 1. The van der Waals surface area contributed by atoms with Gasteiger partial charge in [0.15, 0.2) is 0 Å². The Morgan fingerprint density at radius 2 is 2.28 bits per heavy atom. The topological polar surface area (TPSA) is 59.4 Å².